The summed E-state index contributed by atoms with van der Waals surface area (Å²) in [5.74, 6) is 0.0613. The van der Waals surface area contributed by atoms with E-state index in [2.05, 4.69) is 15.0 Å². The largest absolute Gasteiger partial charge is 0.508 e. The average Bonchev–Trinajstić information content (AvgIpc) is 2.79. The highest BCUT2D eigenvalue weighted by Gasteiger charge is 2.26. The molecule has 0 saturated heterocycles. The van der Waals surface area contributed by atoms with Gasteiger partial charge in [0.25, 0.3) is 0 Å². The van der Waals surface area contributed by atoms with E-state index in [9.17, 15) is 15.3 Å². The first-order chi connectivity index (χ1) is 11.1. The Hall–Kier alpha value is -3.41. The molecule has 23 heavy (non-hydrogen) atoms. The summed E-state index contributed by atoms with van der Waals surface area (Å²) in [7, 11) is 0. The molecule has 0 aliphatic heterocycles. The topological polar surface area (TPSA) is 99.4 Å². The number of hydrogen-bond donors (Lipinski definition) is 3. The molecular weight excluding hydrogens is 294 g/mol. The lowest BCUT2D eigenvalue weighted by Gasteiger charge is -2.03. The van der Waals surface area contributed by atoms with Crippen LogP contribution in [0.4, 0.5) is 0 Å². The van der Waals surface area contributed by atoms with E-state index in [0.29, 0.717) is 22.6 Å². The first-order valence-corrected chi connectivity index (χ1v) is 6.98. The van der Waals surface area contributed by atoms with Crippen LogP contribution in [0.2, 0.25) is 0 Å². The average molecular weight is 303 g/mol. The van der Waals surface area contributed by atoms with Crippen molar-refractivity contribution in [3.05, 3.63) is 36.4 Å². The number of benzene rings is 2. The van der Waals surface area contributed by atoms with E-state index in [1.54, 1.807) is 30.3 Å². The number of pyridine rings is 1. The number of aromatic hydroxyl groups is 3. The van der Waals surface area contributed by atoms with Crippen LogP contribution < -0.4 is 0 Å². The van der Waals surface area contributed by atoms with Crippen molar-refractivity contribution < 1.29 is 15.3 Å². The van der Waals surface area contributed by atoms with Crippen molar-refractivity contribution >= 4 is 21.9 Å². The molecule has 110 valence electrons. The fourth-order valence-electron chi connectivity index (χ4n) is 3.17. The molecule has 0 unspecified atom stereocenters. The number of aromatic nitrogens is 3. The first kappa shape index (κ1) is 12.2. The minimum atomic E-state index is -0.124. The van der Waals surface area contributed by atoms with E-state index in [1.165, 1.54) is 6.07 Å². The van der Waals surface area contributed by atoms with E-state index in [0.717, 1.165) is 21.9 Å². The summed E-state index contributed by atoms with van der Waals surface area (Å²) < 4.78 is 0. The van der Waals surface area contributed by atoms with E-state index in [4.69, 9.17) is 0 Å². The molecule has 4 aromatic rings. The van der Waals surface area contributed by atoms with Crippen molar-refractivity contribution in [2.75, 3.05) is 0 Å². The molecule has 0 bridgehead atoms. The molecule has 0 spiro atoms. The van der Waals surface area contributed by atoms with Crippen LogP contribution in [0.3, 0.4) is 0 Å². The van der Waals surface area contributed by atoms with Crippen molar-refractivity contribution in [3.8, 4) is 39.9 Å². The SMILES string of the molecule is Oc1cc2c3c(cc(O)cc3c1)-c1nc3nc(O)ccc3nc1-2. The third kappa shape index (κ3) is 1.54. The molecule has 2 aromatic heterocycles. The Morgan fingerprint density at radius 1 is 0.696 bits per heavy atom. The standard InChI is InChI=1S/C17H9N3O3/c21-8-3-7-4-9(22)6-11-14(7)10(5-8)15-16(11)20-17-12(18-15)1-2-13(23)19-17/h1-6,21-22H,(H,19,20,23). The van der Waals surface area contributed by atoms with Crippen molar-refractivity contribution in [3.63, 3.8) is 0 Å². The Kier molecular flexibility index (Phi) is 2.04. The zero-order valence-electron chi connectivity index (χ0n) is 11.6. The molecule has 0 fully saturated rings. The van der Waals surface area contributed by atoms with Gasteiger partial charge in [-0.05, 0) is 35.7 Å². The Balaban J connectivity index is 1.98. The molecule has 5 rings (SSSR count). The smallest absolute Gasteiger partial charge is 0.212 e. The van der Waals surface area contributed by atoms with Gasteiger partial charge >= 0.3 is 0 Å². The Morgan fingerprint density at radius 3 is 2.04 bits per heavy atom. The number of phenolic OH excluding ortho intramolecular Hbond substituents is 2. The molecule has 0 saturated carbocycles. The lowest BCUT2D eigenvalue weighted by atomic mass is 10.0. The predicted molar refractivity (Wildman–Crippen MR) is 84.3 cm³/mol. The lowest BCUT2D eigenvalue weighted by molar-refractivity contribution is 0.455. The molecule has 6 nitrogen and oxygen atoms in total. The van der Waals surface area contributed by atoms with Gasteiger partial charge in [-0.2, -0.15) is 4.98 Å². The van der Waals surface area contributed by atoms with Gasteiger partial charge in [0.1, 0.15) is 17.0 Å². The second-order valence-corrected chi connectivity index (χ2v) is 5.52. The summed E-state index contributed by atoms with van der Waals surface area (Å²) in [5.41, 5.74) is 3.60. The molecule has 0 amide bonds. The van der Waals surface area contributed by atoms with Gasteiger partial charge < -0.3 is 15.3 Å². The molecule has 0 radical (unpaired) electrons. The fourth-order valence-corrected chi connectivity index (χ4v) is 3.17. The van der Waals surface area contributed by atoms with Crippen LogP contribution in [0.25, 0.3) is 44.5 Å². The number of nitrogens with zero attached hydrogens (tertiary/aromatic N) is 3. The van der Waals surface area contributed by atoms with E-state index in [-0.39, 0.29) is 17.4 Å². The third-order valence-corrected chi connectivity index (χ3v) is 4.04. The highest BCUT2D eigenvalue weighted by molar-refractivity contribution is 6.15. The summed E-state index contributed by atoms with van der Waals surface area (Å²) in [6.45, 7) is 0. The summed E-state index contributed by atoms with van der Waals surface area (Å²) in [6.07, 6.45) is 0. The molecule has 6 heteroatoms. The van der Waals surface area contributed by atoms with Crippen LogP contribution in [0.1, 0.15) is 0 Å². The fraction of sp³-hybridized carbons (Fsp3) is 0. The third-order valence-electron chi connectivity index (χ3n) is 4.04. The van der Waals surface area contributed by atoms with Gasteiger partial charge in [-0.15, -0.1) is 0 Å². The van der Waals surface area contributed by atoms with Crippen LogP contribution >= 0.6 is 0 Å². The maximum Gasteiger partial charge on any atom is 0.212 e. The minimum absolute atomic E-state index is 0.0858. The van der Waals surface area contributed by atoms with Gasteiger partial charge in [-0.25, -0.2) is 9.97 Å². The summed E-state index contributed by atoms with van der Waals surface area (Å²) in [6, 6.07) is 9.55. The van der Waals surface area contributed by atoms with Crippen LogP contribution in [0, 0.1) is 0 Å². The summed E-state index contributed by atoms with van der Waals surface area (Å²) in [5, 5.41) is 31.0. The highest BCUT2D eigenvalue weighted by atomic mass is 16.3. The van der Waals surface area contributed by atoms with Gasteiger partial charge in [-0.1, -0.05) is 0 Å². The molecule has 2 aromatic carbocycles. The predicted octanol–water partition coefficient (Wildman–Crippen LogP) is 2.94. The zero-order valence-corrected chi connectivity index (χ0v) is 11.6. The molecule has 1 aliphatic rings. The van der Waals surface area contributed by atoms with E-state index < -0.39 is 0 Å². The van der Waals surface area contributed by atoms with E-state index >= 15 is 0 Å². The molecule has 0 atom stereocenters. The van der Waals surface area contributed by atoms with Gasteiger partial charge in [0.15, 0.2) is 5.65 Å². The molecule has 2 heterocycles. The van der Waals surface area contributed by atoms with Crippen molar-refractivity contribution in [1.29, 1.82) is 0 Å². The maximum absolute atomic E-state index is 9.96. The second-order valence-electron chi connectivity index (χ2n) is 5.52. The lowest BCUT2D eigenvalue weighted by Crippen LogP contribution is -1.92. The Labute approximate surface area is 129 Å². The van der Waals surface area contributed by atoms with Crippen LogP contribution in [0.5, 0.6) is 17.4 Å². The monoisotopic (exact) mass is 303 g/mol. The van der Waals surface area contributed by atoms with Crippen LogP contribution in [0.15, 0.2) is 36.4 Å². The number of fused-ring (bicyclic) bond motifs is 4. The first-order valence-electron chi connectivity index (χ1n) is 6.98. The van der Waals surface area contributed by atoms with Crippen molar-refractivity contribution in [2.24, 2.45) is 0 Å². The summed E-state index contributed by atoms with van der Waals surface area (Å²) in [4.78, 5) is 13.1. The Morgan fingerprint density at radius 2 is 1.35 bits per heavy atom. The number of hydrogen-bond acceptors (Lipinski definition) is 6. The quantitative estimate of drug-likeness (QED) is 0.407. The van der Waals surface area contributed by atoms with Gasteiger partial charge in [0.2, 0.25) is 5.88 Å². The van der Waals surface area contributed by atoms with Crippen LogP contribution in [-0.2, 0) is 0 Å². The van der Waals surface area contributed by atoms with Gasteiger partial charge in [-0.3, -0.25) is 0 Å². The van der Waals surface area contributed by atoms with Crippen molar-refractivity contribution in [2.45, 2.75) is 0 Å². The second kappa shape index (κ2) is 3.86. The molecular formula is C17H9N3O3. The zero-order chi connectivity index (χ0) is 15.7. The van der Waals surface area contributed by atoms with Crippen molar-refractivity contribution in [1.82, 2.24) is 15.0 Å². The normalized spacial score (nSPS) is 12.0. The minimum Gasteiger partial charge on any atom is -0.508 e. The Bertz CT molecular complexity index is 1150. The van der Waals surface area contributed by atoms with Gasteiger partial charge in [0.05, 0.1) is 11.4 Å². The number of rotatable bonds is 0. The summed E-state index contributed by atoms with van der Waals surface area (Å²) >= 11 is 0. The molecule has 1 aliphatic carbocycles. The number of phenols is 2. The van der Waals surface area contributed by atoms with Gasteiger partial charge in [0, 0.05) is 22.6 Å². The van der Waals surface area contributed by atoms with E-state index in [1.807, 2.05) is 0 Å². The maximum atomic E-state index is 9.96. The molecule has 3 N–H and O–H groups in total. The van der Waals surface area contributed by atoms with Crippen LogP contribution in [-0.4, -0.2) is 30.3 Å². The highest BCUT2D eigenvalue weighted by Crippen LogP contribution is 2.48.